The van der Waals surface area contributed by atoms with Gasteiger partial charge in [-0.1, -0.05) is 13.0 Å². The zero-order chi connectivity index (χ0) is 14.5. The summed E-state index contributed by atoms with van der Waals surface area (Å²) >= 11 is 3.66. The fourth-order valence-corrected chi connectivity index (χ4v) is 3.73. The number of hydrogen-bond acceptors (Lipinski definition) is 2. The smallest absolute Gasteiger partial charge is 0.0486 e. The third kappa shape index (κ3) is 4.23. The largest absolute Gasteiger partial charge is 0.381 e. The molecule has 0 bridgehead atoms. The maximum absolute atomic E-state index is 3.70. The lowest BCUT2D eigenvalue weighted by molar-refractivity contribution is 0.165. The van der Waals surface area contributed by atoms with Gasteiger partial charge in [0.05, 0.1) is 0 Å². The molecule has 1 aliphatic rings. The van der Waals surface area contributed by atoms with E-state index in [4.69, 9.17) is 0 Å². The van der Waals surface area contributed by atoms with Gasteiger partial charge in [0, 0.05) is 22.7 Å². The van der Waals surface area contributed by atoms with E-state index < -0.39 is 0 Å². The van der Waals surface area contributed by atoms with Crippen LogP contribution in [0.4, 0.5) is 5.69 Å². The highest BCUT2D eigenvalue weighted by Crippen LogP contribution is 2.27. The van der Waals surface area contributed by atoms with E-state index in [9.17, 15) is 0 Å². The van der Waals surface area contributed by atoms with Crippen LogP contribution in [-0.2, 0) is 0 Å². The van der Waals surface area contributed by atoms with E-state index in [0.29, 0.717) is 6.04 Å². The molecule has 1 heterocycles. The summed E-state index contributed by atoms with van der Waals surface area (Å²) in [6.45, 7) is 10.5. The lowest BCUT2D eigenvalue weighted by atomic mass is 9.91. The normalized spacial score (nSPS) is 21.7. The van der Waals surface area contributed by atoms with Gasteiger partial charge in [0.15, 0.2) is 0 Å². The summed E-state index contributed by atoms with van der Waals surface area (Å²) in [5, 5.41) is 3.70. The van der Waals surface area contributed by atoms with Crippen LogP contribution in [0.1, 0.15) is 38.7 Å². The second-order valence-electron chi connectivity index (χ2n) is 6.12. The molecule has 0 aliphatic carbocycles. The molecule has 20 heavy (non-hydrogen) atoms. The second kappa shape index (κ2) is 7.46. The Morgan fingerprint density at radius 3 is 2.95 bits per heavy atom. The van der Waals surface area contributed by atoms with E-state index in [1.165, 1.54) is 54.6 Å². The van der Waals surface area contributed by atoms with Gasteiger partial charge in [0.25, 0.3) is 0 Å². The van der Waals surface area contributed by atoms with Gasteiger partial charge < -0.3 is 10.2 Å². The maximum atomic E-state index is 3.70. The average molecular weight is 339 g/mol. The zero-order valence-corrected chi connectivity index (χ0v) is 14.5. The van der Waals surface area contributed by atoms with E-state index in [1.807, 2.05) is 0 Å². The number of halogens is 1. The molecule has 2 atom stereocenters. The van der Waals surface area contributed by atoms with Crippen LogP contribution in [0.15, 0.2) is 22.7 Å². The van der Waals surface area contributed by atoms with E-state index >= 15 is 0 Å². The van der Waals surface area contributed by atoms with Gasteiger partial charge in [-0.3, -0.25) is 0 Å². The minimum atomic E-state index is 0.522. The number of hydrogen-bond donors (Lipinski definition) is 1. The summed E-state index contributed by atoms with van der Waals surface area (Å²) in [4.78, 5) is 2.62. The molecule has 0 saturated carbocycles. The Labute approximate surface area is 132 Å². The summed E-state index contributed by atoms with van der Waals surface area (Å²) in [6.07, 6.45) is 3.95. The molecule has 1 aliphatic heterocycles. The van der Waals surface area contributed by atoms with Crippen molar-refractivity contribution in [3.63, 3.8) is 0 Å². The van der Waals surface area contributed by atoms with Gasteiger partial charge in [0.1, 0.15) is 0 Å². The van der Waals surface area contributed by atoms with Crippen molar-refractivity contribution >= 4 is 21.6 Å². The Morgan fingerprint density at radius 2 is 2.25 bits per heavy atom. The summed E-state index contributed by atoms with van der Waals surface area (Å²) in [5.74, 6) is 0.753. The molecule has 1 fully saturated rings. The molecular weight excluding hydrogens is 312 g/mol. The molecule has 0 spiro atoms. The Kier molecular flexibility index (Phi) is 5.91. The van der Waals surface area contributed by atoms with Gasteiger partial charge in [-0.05, 0) is 85.7 Å². The molecular formula is C17H27BrN2. The van der Waals surface area contributed by atoms with Crippen LogP contribution >= 0.6 is 15.9 Å². The fraction of sp³-hybridized carbons (Fsp3) is 0.647. The average Bonchev–Trinajstić information content (AvgIpc) is 2.42. The lowest BCUT2D eigenvalue weighted by Crippen LogP contribution is -2.42. The van der Waals surface area contributed by atoms with Crippen molar-refractivity contribution in [3.05, 3.63) is 28.2 Å². The van der Waals surface area contributed by atoms with Crippen molar-refractivity contribution in [1.82, 2.24) is 4.90 Å². The Bertz CT molecular complexity index is 431. The Balaban J connectivity index is 1.95. The summed E-state index contributed by atoms with van der Waals surface area (Å²) < 4.78 is 1.17. The summed E-state index contributed by atoms with van der Waals surface area (Å²) in [7, 11) is 0. The number of rotatable bonds is 5. The van der Waals surface area contributed by atoms with Crippen molar-refractivity contribution in [2.24, 2.45) is 5.92 Å². The van der Waals surface area contributed by atoms with Gasteiger partial charge in [0.2, 0.25) is 0 Å². The third-order valence-electron chi connectivity index (χ3n) is 4.30. The first-order valence-corrected chi connectivity index (χ1v) is 8.64. The van der Waals surface area contributed by atoms with Crippen LogP contribution in [0.3, 0.4) is 0 Å². The lowest BCUT2D eigenvalue weighted by Gasteiger charge is -2.36. The first-order chi connectivity index (χ1) is 9.60. The summed E-state index contributed by atoms with van der Waals surface area (Å²) in [6, 6.07) is 7.06. The van der Waals surface area contributed by atoms with Crippen molar-refractivity contribution in [1.29, 1.82) is 0 Å². The molecule has 0 radical (unpaired) electrons. The van der Waals surface area contributed by atoms with Crippen LogP contribution in [-0.4, -0.2) is 30.6 Å². The van der Waals surface area contributed by atoms with Gasteiger partial charge in [-0.2, -0.15) is 0 Å². The molecule has 3 heteroatoms. The Morgan fingerprint density at radius 1 is 1.45 bits per heavy atom. The SMILES string of the molecule is CCCN1CCCC(C(C)Nc2ccc(C)cc2Br)C1. The van der Waals surface area contributed by atoms with Crippen LogP contribution in [0, 0.1) is 12.8 Å². The number of benzene rings is 1. The van der Waals surface area contributed by atoms with Gasteiger partial charge >= 0.3 is 0 Å². The van der Waals surface area contributed by atoms with E-state index in [2.05, 4.69) is 65.1 Å². The first kappa shape index (κ1) is 15.8. The molecule has 0 aromatic heterocycles. The highest BCUT2D eigenvalue weighted by atomic mass is 79.9. The van der Waals surface area contributed by atoms with Crippen LogP contribution in [0.2, 0.25) is 0 Å². The number of nitrogens with zero attached hydrogens (tertiary/aromatic N) is 1. The third-order valence-corrected chi connectivity index (χ3v) is 4.95. The number of anilines is 1. The molecule has 112 valence electrons. The highest BCUT2D eigenvalue weighted by Gasteiger charge is 2.24. The molecule has 1 aromatic rings. The monoisotopic (exact) mass is 338 g/mol. The van der Waals surface area contributed by atoms with Gasteiger partial charge in [-0.15, -0.1) is 0 Å². The predicted molar refractivity (Wildman–Crippen MR) is 91.4 cm³/mol. The highest BCUT2D eigenvalue weighted by molar-refractivity contribution is 9.10. The number of aryl methyl sites for hydroxylation is 1. The molecule has 2 unspecified atom stereocenters. The Hall–Kier alpha value is -0.540. The van der Waals surface area contributed by atoms with Crippen molar-refractivity contribution in [3.8, 4) is 0 Å². The minimum absolute atomic E-state index is 0.522. The van der Waals surface area contributed by atoms with Crippen molar-refractivity contribution < 1.29 is 0 Å². The molecule has 2 nitrogen and oxygen atoms in total. The molecule has 2 rings (SSSR count). The van der Waals surface area contributed by atoms with Crippen molar-refractivity contribution in [2.75, 3.05) is 25.0 Å². The van der Waals surface area contributed by atoms with E-state index in [1.54, 1.807) is 0 Å². The van der Waals surface area contributed by atoms with Crippen LogP contribution in [0.5, 0.6) is 0 Å². The quantitative estimate of drug-likeness (QED) is 0.838. The van der Waals surface area contributed by atoms with Crippen LogP contribution < -0.4 is 5.32 Å². The van der Waals surface area contributed by atoms with Gasteiger partial charge in [-0.25, -0.2) is 0 Å². The zero-order valence-electron chi connectivity index (χ0n) is 13.0. The van der Waals surface area contributed by atoms with Crippen molar-refractivity contribution in [2.45, 2.75) is 46.1 Å². The fourth-order valence-electron chi connectivity index (χ4n) is 3.12. The minimum Gasteiger partial charge on any atom is -0.381 e. The summed E-state index contributed by atoms with van der Waals surface area (Å²) in [5.41, 5.74) is 2.51. The molecule has 1 N–H and O–H groups in total. The molecule has 0 amide bonds. The van der Waals surface area contributed by atoms with E-state index in [0.717, 1.165) is 5.92 Å². The molecule has 1 saturated heterocycles. The standard InChI is InChI=1S/C17H27BrN2/c1-4-9-20-10-5-6-15(12-20)14(3)19-17-8-7-13(2)11-16(17)18/h7-8,11,14-15,19H,4-6,9-10,12H2,1-3H3. The predicted octanol–water partition coefficient (Wildman–Crippen LogP) is 4.68. The van der Waals surface area contributed by atoms with Crippen LogP contribution in [0.25, 0.3) is 0 Å². The number of nitrogens with one attached hydrogen (secondary N) is 1. The number of likely N-dealkylation sites (tertiary alicyclic amines) is 1. The van der Waals surface area contributed by atoms with E-state index in [-0.39, 0.29) is 0 Å². The first-order valence-electron chi connectivity index (χ1n) is 7.85. The second-order valence-corrected chi connectivity index (χ2v) is 6.97. The maximum Gasteiger partial charge on any atom is 0.0486 e. The molecule has 1 aromatic carbocycles. The topological polar surface area (TPSA) is 15.3 Å². The number of piperidine rings is 1.